The van der Waals surface area contributed by atoms with Gasteiger partial charge in [-0.15, -0.1) is 6.58 Å². The maximum Gasteiger partial charge on any atom is 0.220 e. The first kappa shape index (κ1) is 19.8. The molecule has 0 radical (unpaired) electrons. The summed E-state index contributed by atoms with van der Waals surface area (Å²) in [4.78, 5) is 15.7. The number of amides is 1. The maximum atomic E-state index is 11.2. The zero-order valence-electron chi connectivity index (χ0n) is 16.5. The van der Waals surface area contributed by atoms with Crippen LogP contribution in [0.5, 0.6) is 0 Å². The molecule has 28 heavy (non-hydrogen) atoms. The normalized spacial score (nSPS) is 17.3. The van der Waals surface area contributed by atoms with Crippen LogP contribution in [0.1, 0.15) is 30.8 Å². The molecule has 4 N–H and O–H groups in total. The highest BCUT2D eigenvalue weighted by Gasteiger charge is 2.33. The van der Waals surface area contributed by atoms with Crippen molar-refractivity contribution in [2.75, 3.05) is 19.5 Å². The van der Waals surface area contributed by atoms with Crippen molar-refractivity contribution in [3.63, 3.8) is 0 Å². The zero-order chi connectivity index (χ0) is 20.1. The van der Waals surface area contributed by atoms with Gasteiger partial charge in [0.2, 0.25) is 5.91 Å². The molecule has 8 nitrogen and oxygen atoms in total. The number of H-pyrrole nitrogens is 1. The highest BCUT2D eigenvalue weighted by Crippen LogP contribution is 2.42. The monoisotopic (exact) mass is 381 g/mol. The number of aromatic nitrogens is 3. The van der Waals surface area contributed by atoms with Crippen molar-refractivity contribution < 1.29 is 4.79 Å². The molecule has 0 saturated carbocycles. The molecule has 0 aliphatic carbocycles. The van der Waals surface area contributed by atoms with Crippen LogP contribution in [0.25, 0.3) is 11.4 Å². The van der Waals surface area contributed by atoms with Crippen molar-refractivity contribution in [1.82, 2.24) is 30.8 Å². The van der Waals surface area contributed by atoms with E-state index < -0.39 is 0 Å². The molecule has 2 unspecified atom stereocenters. The lowest BCUT2D eigenvalue weighted by atomic mass is 9.89. The van der Waals surface area contributed by atoms with Crippen LogP contribution in [0, 0.1) is 5.92 Å². The van der Waals surface area contributed by atoms with Crippen LogP contribution < -0.4 is 16.1 Å². The van der Waals surface area contributed by atoms with E-state index in [9.17, 15) is 4.79 Å². The molecule has 3 rings (SSSR count). The smallest absolute Gasteiger partial charge is 0.220 e. The van der Waals surface area contributed by atoms with Crippen molar-refractivity contribution in [3.8, 4) is 11.4 Å². The van der Waals surface area contributed by atoms with Crippen LogP contribution in [0.2, 0.25) is 0 Å². The minimum atomic E-state index is -0.0869. The van der Waals surface area contributed by atoms with Crippen molar-refractivity contribution in [3.05, 3.63) is 54.5 Å². The molecule has 8 heteroatoms. The Morgan fingerprint density at radius 2 is 2.29 bits per heavy atom. The van der Waals surface area contributed by atoms with Crippen molar-refractivity contribution >= 4 is 11.6 Å². The van der Waals surface area contributed by atoms with Gasteiger partial charge >= 0.3 is 0 Å². The summed E-state index contributed by atoms with van der Waals surface area (Å²) in [6, 6.07) is 6.29. The Balaban J connectivity index is 1.91. The molecule has 0 fully saturated rings. The number of benzene rings is 1. The second kappa shape index (κ2) is 8.81. The first-order valence-electron chi connectivity index (χ1n) is 9.27. The van der Waals surface area contributed by atoms with E-state index in [0.717, 1.165) is 23.5 Å². The molecule has 2 aromatic rings. The molecule has 1 aromatic carbocycles. The van der Waals surface area contributed by atoms with E-state index >= 15 is 0 Å². The van der Waals surface area contributed by atoms with Gasteiger partial charge in [0.25, 0.3) is 0 Å². The second-order valence-corrected chi connectivity index (χ2v) is 6.85. The highest BCUT2D eigenvalue weighted by molar-refractivity contribution is 5.73. The zero-order valence-corrected chi connectivity index (χ0v) is 16.5. The van der Waals surface area contributed by atoms with Gasteiger partial charge in [-0.3, -0.25) is 9.89 Å². The predicted octanol–water partition coefficient (Wildman–Crippen LogP) is 2.35. The van der Waals surface area contributed by atoms with Crippen LogP contribution in [-0.4, -0.2) is 40.2 Å². The molecule has 1 aliphatic rings. The largest absolute Gasteiger partial charge is 0.333 e. The Morgan fingerprint density at radius 3 is 3.00 bits per heavy atom. The summed E-state index contributed by atoms with van der Waals surface area (Å²) in [6.45, 7) is 6.03. The third kappa shape index (κ3) is 4.29. The average molecular weight is 381 g/mol. The van der Waals surface area contributed by atoms with Crippen molar-refractivity contribution in [2.24, 2.45) is 5.92 Å². The number of nitrogens with one attached hydrogen (secondary N) is 4. The fourth-order valence-corrected chi connectivity index (χ4v) is 3.50. The van der Waals surface area contributed by atoms with Crippen LogP contribution >= 0.6 is 0 Å². The van der Waals surface area contributed by atoms with Gasteiger partial charge in [0.1, 0.15) is 5.82 Å². The minimum absolute atomic E-state index is 0.0869. The fourth-order valence-electron chi connectivity index (χ4n) is 3.50. The number of carbonyl (C=O) groups excluding carboxylic acids is 1. The van der Waals surface area contributed by atoms with E-state index in [1.54, 1.807) is 6.20 Å². The number of rotatable bonds is 8. The molecular formula is C20H27N7O. The number of anilines is 1. The van der Waals surface area contributed by atoms with Gasteiger partial charge in [0, 0.05) is 31.7 Å². The van der Waals surface area contributed by atoms with Gasteiger partial charge in [-0.2, -0.15) is 5.10 Å². The first-order chi connectivity index (χ1) is 13.5. The number of hydrazine groups is 1. The minimum Gasteiger partial charge on any atom is -0.333 e. The molecule has 0 bridgehead atoms. The Bertz CT molecular complexity index is 873. The summed E-state index contributed by atoms with van der Waals surface area (Å²) in [5.41, 5.74) is 6.60. The number of carbonyl (C=O) groups is 1. The Hall–Kier alpha value is -2.97. The van der Waals surface area contributed by atoms with Crippen LogP contribution in [0.3, 0.4) is 0 Å². The van der Waals surface area contributed by atoms with Crippen LogP contribution in [0.4, 0.5) is 5.69 Å². The molecular weight excluding hydrogens is 354 g/mol. The standard InChI is InChI=1S/C20H27N7O/c1-5-6-14(9-10-22-13(2)28)19-16-11-15(7-8-17(16)26-27(19)4)20-23-18(12-21-3)24-25-20/h5,7-11,14,19,21,26H,1,6,12H2,2-4H3,(H,22,28)(H,23,24,25)/b10-9+. The van der Waals surface area contributed by atoms with E-state index in [1.165, 1.54) is 12.5 Å². The van der Waals surface area contributed by atoms with Gasteiger partial charge < -0.3 is 16.1 Å². The van der Waals surface area contributed by atoms with E-state index in [2.05, 4.69) is 55.0 Å². The first-order valence-corrected chi connectivity index (χ1v) is 9.27. The molecule has 0 saturated heterocycles. The van der Waals surface area contributed by atoms with Crippen LogP contribution in [-0.2, 0) is 11.3 Å². The quantitative estimate of drug-likeness (QED) is 0.524. The summed E-state index contributed by atoms with van der Waals surface area (Å²) in [7, 11) is 3.89. The predicted molar refractivity (Wildman–Crippen MR) is 110 cm³/mol. The molecule has 0 spiro atoms. The topological polar surface area (TPSA) is 98.0 Å². The molecule has 1 aliphatic heterocycles. The number of aromatic amines is 1. The third-order valence-corrected chi connectivity index (χ3v) is 4.69. The SMILES string of the molecule is C=CCC(/C=C/NC(C)=O)C1c2cc(-c3n[nH]c(CNC)n3)ccc2NN1C. The maximum absolute atomic E-state index is 11.2. The van der Waals surface area contributed by atoms with Crippen molar-refractivity contribution in [1.29, 1.82) is 0 Å². The fraction of sp³-hybridized carbons (Fsp3) is 0.350. The van der Waals surface area contributed by atoms with Gasteiger partial charge in [-0.1, -0.05) is 12.2 Å². The van der Waals surface area contributed by atoms with E-state index in [-0.39, 0.29) is 17.9 Å². The number of hydrogen-bond acceptors (Lipinski definition) is 6. The Kier molecular flexibility index (Phi) is 6.23. The number of nitrogens with zero attached hydrogens (tertiary/aromatic N) is 3. The van der Waals surface area contributed by atoms with Gasteiger partial charge in [-0.05, 0) is 37.2 Å². The molecule has 2 atom stereocenters. The van der Waals surface area contributed by atoms with Crippen LogP contribution in [0.15, 0.2) is 43.1 Å². The summed E-state index contributed by atoms with van der Waals surface area (Å²) >= 11 is 0. The molecule has 1 aromatic heterocycles. The van der Waals surface area contributed by atoms with Gasteiger partial charge in [-0.25, -0.2) is 9.99 Å². The molecule has 2 heterocycles. The van der Waals surface area contributed by atoms with E-state index in [1.807, 2.05) is 32.3 Å². The van der Waals surface area contributed by atoms with Crippen molar-refractivity contribution in [2.45, 2.75) is 25.9 Å². The summed E-state index contributed by atoms with van der Waals surface area (Å²) in [5.74, 6) is 1.53. The summed E-state index contributed by atoms with van der Waals surface area (Å²) in [5, 5.41) is 15.2. The second-order valence-electron chi connectivity index (χ2n) is 6.85. The van der Waals surface area contributed by atoms with E-state index in [4.69, 9.17) is 0 Å². The Labute approximate surface area is 165 Å². The number of allylic oxidation sites excluding steroid dienone is 1. The lowest BCUT2D eigenvalue weighted by Crippen LogP contribution is -2.28. The Morgan fingerprint density at radius 1 is 1.46 bits per heavy atom. The lowest BCUT2D eigenvalue weighted by Gasteiger charge is -2.26. The third-order valence-electron chi connectivity index (χ3n) is 4.69. The average Bonchev–Trinajstić information content (AvgIpc) is 3.24. The lowest BCUT2D eigenvalue weighted by molar-refractivity contribution is -0.118. The summed E-state index contributed by atoms with van der Waals surface area (Å²) in [6.07, 6.45) is 6.41. The summed E-state index contributed by atoms with van der Waals surface area (Å²) < 4.78 is 0. The van der Waals surface area contributed by atoms with Gasteiger partial charge in [0.15, 0.2) is 5.82 Å². The molecule has 1 amide bonds. The number of fused-ring (bicyclic) bond motifs is 1. The number of hydrogen-bond donors (Lipinski definition) is 4. The highest BCUT2D eigenvalue weighted by atomic mass is 16.1. The van der Waals surface area contributed by atoms with Gasteiger partial charge in [0.05, 0.1) is 18.3 Å². The molecule has 148 valence electrons. The van der Waals surface area contributed by atoms with E-state index in [0.29, 0.717) is 12.4 Å².